The van der Waals surface area contributed by atoms with Crippen LogP contribution in [0.15, 0.2) is 0 Å². The van der Waals surface area contributed by atoms with Gasteiger partial charge in [-0.3, -0.25) is 4.79 Å². The maximum Gasteiger partial charge on any atom is 0.793 e. The van der Waals surface area contributed by atoms with E-state index in [0.29, 0.717) is 6.92 Å². The zero-order chi connectivity index (χ0) is 14.8. The molecule has 11 heteroatoms. The van der Waals surface area contributed by atoms with Crippen molar-refractivity contribution in [3.05, 3.63) is 0 Å². The maximum atomic E-state index is 12.8. The van der Waals surface area contributed by atoms with Gasteiger partial charge in [0, 0.05) is 0 Å². The SMILES string of the molecule is COC(=O)CC(C)(OB1OC(=O)C(=O)O1)C(F)(F)F. The predicted octanol–water partition coefficient (Wildman–Crippen LogP) is -0.0280. The molecule has 7 nitrogen and oxygen atoms in total. The molecule has 1 fully saturated rings. The van der Waals surface area contributed by atoms with Gasteiger partial charge in [0.2, 0.25) is 0 Å². The number of halogens is 3. The Morgan fingerprint density at radius 1 is 1.26 bits per heavy atom. The quantitative estimate of drug-likeness (QED) is 0.407. The lowest BCUT2D eigenvalue weighted by molar-refractivity contribution is -0.252. The zero-order valence-corrected chi connectivity index (χ0v) is 9.78. The largest absolute Gasteiger partial charge is 0.793 e. The third kappa shape index (κ3) is 3.37. The molecule has 106 valence electrons. The molecule has 0 amide bonds. The first kappa shape index (κ1) is 15.3. The third-order valence-electron chi connectivity index (χ3n) is 2.24. The van der Waals surface area contributed by atoms with E-state index in [1.807, 2.05) is 0 Å². The molecule has 1 rings (SSSR count). The molecule has 1 saturated heterocycles. The van der Waals surface area contributed by atoms with Gasteiger partial charge in [0.05, 0.1) is 13.5 Å². The first-order valence-electron chi connectivity index (χ1n) is 4.82. The molecule has 19 heavy (non-hydrogen) atoms. The molecular weight excluding hydrogens is 276 g/mol. The smallest absolute Gasteiger partial charge is 0.469 e. The highest BCUT2D eigenvalue weighted by atomic mass is 19.4. The lowest BCUT2D eigenvalue weighted by Crippen LogP contribution is -2.50. The van der Waals surface area contributed by atoms with Crippen molar-refractivity contribution in [2.75, 3.05) is 7.11 Å². The topological polar surface area (TPSA) is 88.1 Å². The average molecular weight is 284 g/mol. The molecule has 1 heterocycles. The Balaban J connectivity index is 2.84. The Morgan fingerprint density at radius 2 is 1.74 bits per heavy atom. The lowest BCUT2D eigenvalue weighted by atomic mass is 9.99. The summed E-state index contributed by atoms with van der Waals surface area (Å²) in [5.74, 6) is -4.16. The van der Waals surface area contributed by atoms with E-state index >= 15 is 0 Å². The number of alkyl halides is 3. The number of esters is 1. The van der Waals surface area contributed by atoms with Gasteiger partial charge in [-0.15, -0.1) is 0 Å². The minimum absolute atomic E-state index is 0.532. The van der Waals surface area contributed by atoms with Crippen LogP contribution in [0.25, 0.3) is 0 Å². The number of hydrogen-bond donors (Lipinski definition) is 0. The van der Waals surface area contributed by atoms with Crippen LogP contribution in [0.4, 0.5) is 13.2 Å². The van der Waals surface area contributed by atoms with Crippen LogP contribution >= 0.6 is 0 Å². The van der Waals surface area contributed by atoms with Gasteiger partial charge in [-0.05, 0) is 6.92 Å². The van der Waals surface area contributed by atoms with E-state index in [-0.39, 0.29) is 0 Å². The summed E-state index contributed by atoms with van der Waals surface area (Å²) in [4.78, 5) is 32.3. The van der Waals surface area contributed by atoms with E-state index in [1.54, 1.807) is 0 Å². The average Bonchev–Trinajstić information content (AvgIpc) is 2.55. The number of ether oxygens (including phenoxy) is 1. The Hall–Kier alpha value is -1.78. The fourth-order valence-corrected chi connectivity index (χ4v) is 1.11. The summed E-state index contributed by atoms with van der Waals surface area (Å²) >= 11 is 0. The molecule has 0 saturated carbocycles. The van der Waals surface area contributed by atoms with Crippen LogP contribution in [0.2, 0.25) is 0 Å². The Kier molecular flexibility index (Phi) is 4.08. The van der Waals surface area contributed by atoms with Crippen molar-refractivity contribution in [2.24, 2.45) is 0 Å². The van der Waals surface area contributed by atoms with E-state index in [4.69, 9.17) is 0 Å². The first-order chi connectivity index (χ1) is 8.59. The molecule has 0 aliphatic carbocycles. The number of carbonyl (C=O) groups is 3. The molecule has 0 radical (unpaired) electrons. The van der Waals surface area contributed by atoms with Crippen molar-refractivity contribution >= 4 is 25.2 Å². The minimum Gasteiger partial charge on any atom is -0.469 e. The molecule has 1 aliphatic heterocycles. The van der Waals surface area contributed by atoms with Gasteiger partial charge >= 0.3 is 31.4 Å². The maximum absolute atomic E-state index is 12.8. The van der Waals surface area contributed by atoms with E-state index in [2.05, 4.69) is 18.7 Å². The molecule has 0 spiro atoms. The first-order valence-corrected chi connectivity index (χ1v) is 4.82. The second-order valence-corrected chi connectivity index (χ2v) is 3.70. The Bertz CT molecular complexity index is 394. The van der Waals surface area contributed by atoms with E-state index < -0.39 is 43.4 Å². The molecule has 0 aromatic rings. The van der Waals surface area contributed by atoms with Crippen LogP contribution in [0, 0.1) is 0 Å². The van der Waals surface area contributed by atoms with Crippen molar-refractivity contribution in [2.45, 2.75) is 25.1 Å². The van der Waals surface area contributed by atoms with Crippen LogP contribution in [0.1, 0.15) is 13.3 Å². The monoisotopic (exact) mass is 284 g/mol. The number of carbonyl (C=O) groups excluding carboxylic acids is 3. The highest BCUT2D eigenvalue weighted by Crippen LogP contribution is 2.37. The lowest BCUT2D eigenvalue weighted by Gasteiger charge is -2.30. The predicted molar refractivity (Wildman–Crippen MR) is 50.1 cm³/mol. The standard InChI is InChI=1S/C8H8BF3O7/c1-7(8(10,11)12,3-4(13)16-2)19-9-17-5(14)6(15)18-9/h3H2,1-2H3. The van der Waals surface area contributed by atoms with Gasteiger partial charge < -0.3 is 18.7 Å². The molecule has 1 unspecified atom stereocenters. The summed E-state index contributed by atoms with van der Waals surface area (Å²) in [5.41, 5.74) is -3.03. The third-order valence-corrected chi connectivity index (χ3v) is 2.24. The summed E-state index contributed by atoms with van der Waals surface area (Å²) < 4.78 is 55.2. The van der Waals surface area contributed by atoms with Gasteiger partial charge in [-0.25, -0.2) is 9.59 Å². The highest BCUT2D eigenvalue weighted by Gasteiger charge is 2.59. The van der Waals surface area contributed by atoms with Gasteiger partial charge in [-0.1, -0.05) is 0 Å². The Labute approximate surface area is 105 Å². The van der Waals surface area contributed by atoms with Gasteiger partial charge in [0.25, 0.3) is 0 Å². The van der Waals surface area contributed by atoms with E-state index in [0.717, 1.165) is 7.11 Å². The molecule has 1 aliphatic rings. The van der Waals surface area contributed by atoms with Crippen LogP contribution in [0.3, 0.4) is 0 Å². The summed E-state index contributed by atoms with van der Waals surface area (Å²) in [7, 11) is -1.26. The zero-order valence-electron chi connectivity index (χ0n) is 9.78. The normalized spacial score (nSPS) is 18.7. The second-order valence-electron chi connectivity index (χ2n) is 3.70. The van der Waals surface area contributed by atoms with Gasteiger partial charge in [0.15, 0.2) is 5.60 Å². The van der Waals surface area contributed by atoms with Crippen LogP contribution in [-0.4, -0.2) is 44.1 Å². The van der Waals surface area contributed by atoms with E-state index in [9.17, 15) is 27.6 Å². The van der Waals surface area contributed by atoms with Crippen molar-refractivity contribution < 1.29 is 46.3 Å². The highest BCUT2D eigenvalue weighted by molar-refractivity contribution is 6.55. The minimum atomic E-state index is -4.98. The second kappa shape index (κ2) is 5.07. The fourth-order valence-electron chi connectivity index (χ4n) is 1.11. The van der Waals surface area contributed by atoms with Gasteiger partial charge in [-0.2, -0.15) is 13.2 Å². The van der Waals surface area contributed by atoms with Crippen molar-refractivity contribution in [3.63, 3.8) is 0 Å². The van der Waals surface area contributed by atoms with Crippen molar-refractivity contribution in [1.82, 2.24) is 0 Å². The summed E-state index contributed by atoms with van der Waals surface area (Å²) in [6.07, 6.45) is -6.18. The summed E-state index contributed by atoms with van der Waals surface area (Å²) in [6, 6.07) is 0. The molecule has 0 aromatic heterocycles. The van der Waals surface area contributed by atoms with Gasteiger partial charge in [0.1, 0.15) is 0 Å². The summed E-state index contributed by atoms with van der Waals surface area (Å²) in [6.45, 7) is 0.532. The van der Waals surface area contributed by atoms with E-state index in [1.165, 1.54) is 0 Å². The molecule has 1 atom stereocenters. The number of methoxy groups -OCH3 is 1. The molecule has 0 aromatic carbocycles. The molecule has 0 N–H and O–H groups in total. The number of hydrogen-bond acceptors (Lipinski definition) is 7. The molecule has 0 bridgehead atoms. The van der Waals surface area contributed by atoms with Crippen LogP contribution in [-0.2, 0) is 33.1 Å². The summed E-state index contributed by atoms with van der Waals surface area (Å²) in [5, 5.41) is 0. The van der Waals surface area contributed by atoms with Crippen molar-refractivity contribution in [3.8, 4) is 0 Å². The van der Waals surface area contributed by atoms with Crippen molar-refractivity contribution in [1.29, 1.82) is 0 Å². The number of rotatable bonds is 4. The van der Waals surface area contributed by atoms with Crippen LogP contribution in [0.5, 0.6) is 0 Å². The fraction of sp³-hybridized carbons (Fsp3) is 0.625. The Morgan fingerprint density at radius 3 is 2.11 bits per heavy atom. The van der Waals surface area contributed by atoms with Crippen LogP contribution < -0.4 is 0 Å². The molecular formula is C8H8BF3O7.